The van der Waals surface area contributed by atoms with Gasteiger partial charge in [0.15, 0.2) is 0 Å². The third-order valence-corrected chi connectivity index (χ3v) is 4.59. The molecule has 5 nitrogen and oxygen atoms in total. The fraction of sp³-hybridized carbons (Fsp3) is 0. The molecule has 6 heteroatoms. The molecule has 0 aliphatic carbocycles. The maximum absolute atomic E-state index is 12.4. The molecule has 0 aromatic heterocycles. The number of aromatic carboxylic acids is 1. The van der Waals surface area contributed by atoms with Gasteiger partial charge in [0.1, 0.15) is 11.0 Å². The maximum atomic E-state index is 12.4. The molecule has 0 saturated carbocycles. The Morgan fingerprint density at radius 2 is 1.64 bits per heavy atom. The SMILES string of the molecule is N#CC(=Cc1ccc(C(=O)O)cc1)S(=O)(=O)c1ccccc1. The predicted octanol–water partition coefficient (Wildman–Crippen LogP) is 2.72. The average molecular weight is 313 g/mol. The Labute approximate surface area is 127 Å². The van der Waals surface area contributed by atoms with Crippen LogP contribution in [-0.2, 0) is 9.84 Å². The Hall–Kier alpha value is -2.91. The molecule has 0 spiro atoms. The molecule has 0 bridgehead atoms. The summed E-state index contributed by atoms with van der Waals surface area (Å²) in [7, 11) is -3.89. The Bertz CT molecular complexity index is 861. The summed E-state index contributed by atoms with van der Waals surface area (Å²) in [5.74, 6) is -1.08. The van der Waals surface area contributed by atoms with E-state index in [-0.39, 0.29) is 10.5 Å². The van der Waals surface area contributed by atoms with Gasteiger partial charge in [-0.15, -0.1) is 0 Å². The van der Waals surface area contributed by atoms with Gasteiger partial charge in [-0.25, -0.2) is 13.2 Å². The summed E-state index contributed by atoms with van der Waals surface area (Å²) in [5, 5.41) is 18.0. The van der Waals surface area contributed by atoms with Crippen molar-refractivity contribution in [3.8, 4) is 6.07 Å². The zero-order valence-electron chi connectivity index (χ0n) is 11.3. The third kappa shape index (κ3) is 3.22. The predicted molar refractivity (Wildman–Crippen MR) is 80.6 cm³/mol. The van der Waals surface area contributed by atoms with Crippen molar-refractivity contribution in [2.75, 3.05) is 0 Å². The standard InChI is InChI=1S/C16H11NO4S/c17-11-15(22(20,21)14-4-2-1-3-5-14)10-12-6-8-13(9-7-12)16(18)19/h1-10H,(H,18,19). The molecule has 0 atom stereocenters. The lowest BCUT2D eigenvalue weighted by Crippen LogP contribution is -2.03. The highest BCUT2D eigenvalue weighted by Crippen LogP contribution is 2.21. The highest BCUT2D eigenvalue weighted by atomic mass is 32.2. The minimum Gasteiger partial charge on any atom is -0.478 e. The van der Waals surface area contributed by atoms with Gasteiger partial charge in [0.25, 0.3) is 0 Å². The number of sulfone groups is 1. The van der Waals surface area contributed by atoms with Gasteiger partial charge >= 0.3 is 5.97 Å². The summed E-state index contributed by atoms with van der Waals surface area (Å²) in [6.07, 6.45) is 1.22. The van der Waals surface area contributed by atoms with Crippen LogP contribution in [0.25, 0.3) is 6.08 Å². The first-order chi connectivity index (χ1) is 10.4. The van der Waals surface area contributed by atoms with Gasteiger partial charge < -0.3 is 5.11 Å². The zero-order chi connectivity index (χ0) is 16.2. The summed E-state index contributed by atoms with van der Waals surface area (Å²) in [5.41, 5.74) is 0.516. The van der Waals surface area contributed by atoms with E-state index in [4.69, 9.17) is 10.4 Å². The zero-order valence-corrected chi connectivity index (χ0v) is 12.1. The lowest BCUT2D eigenvalue weighted by molar-refractivity contribution is 0.0697. The van der Waals surface area contributed by atoms with Crippen molar-refractivity contribution in [3.05, 3.63) is 70.6 Å². The smallest absolute Gasteiger partial charge is 0.335 e. The molecule has 2 rings (SSSR count). The minimum atomic E-state index is -3.89. The second-order valence-corrected chi connectivity index (χ2v) is 6.28. The van der Waals surface area contributed by atoms with Crippen LogP contribution in [0.15, 0.2) is 64.4 Å². The van der Waals surface area contributed by atoms with Crippen LogP contribution in [0.2, 0.25) is 0 Å². The van der Waals surface area contributed by atoms with E-state index in [2.05, 4.69) is 0 Å². The molecule has 0 aliphatic heterocycles. The molecule has 1 N–H and O–H groups in total. The first-order valence-corrected chi connectivity index (χ1v) is 7.69. The number of nitrogens with zero attached hydrogens (tertiary/aromatic N) is 1. The summed E-state index contributed by atoms with van der Waals surface area (Å²) >= 11 is 0. The molecular formula is C16H11NO4S. The molecule has 2 aromatic rings. The molecular weight excluding hydrogens is 302 g/mol. The van der Waals surface area contributed by atoms with Gasteiger partial charge in [0.2, 0.25) is 9.84 Å². The van der Waals surface area contributed by atoms with Crippen molar-refractivity contribution in [2.24, 2.45) is 0 Å². The van der Waals surface area contributed by atoms with Gasteiger partial charge in [-0.3, -0.25) is 0 Å². The Balaban J connectivity index is 2.44. The molecule has 0 unspecified atom stereocenters. The quantitative estimate of drug-likeness (QED) is 0.876. The van der Waals surface area contributed by atoms with E-state index >= 15 is 0 Å². The van der Waals surface area contributed by atoms with Crippen molar-refractivity contribution in [3.63, 3.8) is 0 Å². The number of allylic oxidation sites excluding steroid dienone is 1. The van der Waals surface area contributed by atoms with E-state index < -0.39 is 20.7 Å². The fourth-order valence-corrected chi connectivity index (χ4v) is 2.95. The number of benzene rings is 2. The number of carboxylic acid groups (broad SMARTS) is 1. The number of rotatable bonds is 4. The first-order valence-electron chi connectivity index (χ1n) is 6.20. The average Bonchev–Trinajstić information content (AvgIpc) is 2.53. The van der Waals surface area contributed by atoms with Crippen LogP contribution in [0.1, 0.15) is 15.9 Å². The van der Waals surface area contributed by atoms with Crippen LogP contribution in [0.4, 0.5) is 0 Å². The number of nitriles is 1. The molecule has 0 radical (unpaired) electrons. The number of hydrogen-bond acceptors (Lipinski definition) is 4. The van der Waals surface area contributed by atoms with Gasteiger partial charge in [-0.2, -0.15) is 5.26 Å². The number of carboxylic acids is 1. The molecule has 2 aromatic carbocycles. The molecule has 22 heavy (non-hydrogen) atoms. The largest absolute Gasteiger partial charge is 0.478 e. The Morgan fingerprint density at radius 3 is 2.14 bits per heavy atom. The normalized spacial score (nSPS) is 11.7. The molecule has 0 heterocycles. The highest BCUT2D eigenvalue weighted by molar-refractivity contribution is 7.95. The van der Waals surface area contributed by atoms with Gasteiger partial charge in [-0.05, 0) is 35.9 Å². The van der Waals surface area contributed by atoms with Crippen LogP contribution in [0.5, 0.6) is 0 Å². The molecule has 0 saturated heterocycles. The van der Waals surface area contributed by atoms with Crippen molar-refractivity contribution < 1.29 is 18.3 Å². The van der Waals surface area contributed by atoms with Crippen LogP contribution in [0, 0.1) is 11.3 Å². The summed E-state index contributed by atoms with van der Waals surface area (Å²) in [4.78, 5) is 10.4. The molecule has 0 aliphatic rings. The first kappa shape index (κ1) is 15.5. The fourth-order valence-electron chi connectivity index (χ4n) is 1.77. The lowest BCUT2D eigenvalue weighted by Gasteiger charge is -2.03. The van der Waals surface area contributed by atoms with E-state index in [0.717, 1.165) is 0 Å². The second-order valence-electron chi connectivity index (χ2n) is 4.36. The van der Waals surface area contributed by atoms with Gasteiger partial charge in [-0.1, -0.05) is 30.3 Å². The molecule has 110 valence electrons. The molecule has 0 amide bonds. The van der Waals surface area contributed by atoms with Crippen molar-refractivity contribution >= 4 is 21.9 Å². The Kier molecular flexibility index (Phi) is 4.39. The van der Waals surface area contributed by atoms with E-state index in [1.165, 1.54) is 42.5 Å². The van der Waals surface area contributed by atoms with Crippen LogP contribution < -0.4 is 0 Å². The van der Waals surface area contributed by atoms with E-state index in [1.807, 2.05) is 0 Å². The maximum Gasteiger partial charge on any atom is 0.335 e. The number of carbonyl (C=O) groups is 1. The van der Waals surface area contributed by atoms with Crippen molar-refractivity contribution in [1.29, 1.82) is 5.26 Å². The Morgan fingerprint density at radius 1 is 1.05 bits per heavy atom. The van der Waals surface area contributed by atoms with Crippen LogP contribution in [0.3, 0.4) is 0 Å². The topological polar surface area (TPSA) is 95.2 Å². The monoisotopic (exact) mass is 313 g/mol. The van der Waals surface area contributed by atoms with Gasteiger partial charge in [0, 0.05) is 0 Å². The van der Waals surface area contributed by atoms with Gasteiger partial charge in [0.05, 0.1) is 10.5 Å². The van der Waals surface area contributed by atoms with Crippen molar-refractivity contribution in [2.45, 2.75) is 4.90 Å². The van der Waals surface area contributed by atoms with E-state index in [1.54, 1.807) is 24.3 Å². The van der Waals surface area contributed by atoms with Crippen molar-refractivity contribution in [1.82, 2.24) is 0 Å². The van der Waals surface area contributed by atoms with E-state index in [0.29, 0.717) is 5.56 Å². The lowest BCUT2D eigenvalue weighted by atomic mass is 10.1. The highest BCUT2D eigenvalue weighted by Gasteiger charge is 2.20. The van der Waals surface area contributed by atoms with Crippen LogP contribution >= 0.6 is 0 Å². The minimum absolute atomic E-state index is 0.0324. The van der Waals surface area contributed by atoms with Crippen LogP contribution in [-0.4, -0.2) is 19.5 Å². The summed E-state index contributed by atoms with van der Waals surface area (Å²) < 4.78 is 24.7. The molecule has 0 fully saturated rings. The van der Waals surface area contributed by atoms with E-state index in [9.17, 15) is 13.2 Å². The summed E-state index contributed by atoms with van der Waals surface area (Å²) in [6.45, 7) is 0. The third-order valence-electron chi connectivity index (χ3n) is 2.91. The second kappa shape index (κ2) is 6.24. The number of hydrogen-bond donors (Lipinski definition) is 1. The summed E-state index contributed by atoms with van der Waals surface area (Å²) in [6, 6.07) is 14.9.